The van der Waals surface area contributed by atoms with Crippen LogP contribution in [-0.2, 0) is 9.59 Å². The molecule has 0 unspecified atom stereocenters. The van der Waals surface area contributed by atoms with Crippen LogP contribution in [0.3, 0.4) is 0 Å². The molecule has 172 valence electrons. The highest BCUT2D eigenvalue weighted by Crippen LogP contribution is 2.34. The third kappa shape index (κ3) is 5.26. The number of fused-ring (bicyclic) bond motifs is 1. The lowest BCUT2D eigenvalue weighted by atomic mass is 9.94. The van der Waals surface area contributed by atoms with E-state index >= 15 is 0 Å². The third-order valence-electron chi connectivity index (χ3n) is 6.22. The zero-order chi connectivity index (χ0) is 23.5. The van der Waals surface area contributed by atoms with E-state index in [0.29, 0.717) is 13.1 Å². The first-order valence-electron chi connectivity index (χ1n) is 11.2. The number of carbonyl (C=O) groups excluding carboxylic acids is 2. The molecule has 1 aliphatic heterocycles. The summed E-state index contributed by atoms with van der Waals surface area (Å²) >= 11 is 1.68. The van der Waals surface area contributed by atoms with Gasteiger partial charge in [-0.3, -0.25) is 9.59 Å². The van der Waals surface area contributed by atoms with Gasteiger partial charge in [0, 0.05) is 19.0 Å². The fourth-order valence-electron chi connectivity index (χ4n) is 4.11. The van der Waals surface area contributed by atoms with Crippen molar-refractivity contribution in [2.45, 2.75) is 43.9 Å². The number of likely N-dealkylation sites (tertiary alicyclic amines) is 1. The molecule has 1 fully saturated rings. The number of nitrogens with one attached hydrogen (secondary N) is 1. The minimum Gasteiger partial charge on any atom is -0.380 e. The Hall–Kier alpha value is -2.75. The van der Waals surface area contributed by atoms with E-state index in [9.17, 15) is 19.8 Å². The molecule has 3 atom stereocenters. The zero-order valence-corrected chi connectivity index (χ0v) is 19.6. The maximum absolute atomic E-state index is 12.7. The topological polar surface area (TPSA) is 103 Å². The first-order valence-corrected chi connectivity index (χ1v) is 12.0. The molecule has 0 aliphatic carbocycles. The van der Waals surface area contributed by atoms with Crippen molar-refractivity contribution in [1.82, 2.24) is 15.2 Å². The first-order chi connectivity index (χ1) is 15.8. The van der Waals surface area contributed by atoms with Crippen molar-refractivity contribution in [1.29, 1.82) is 0 Å². The lowest BCUT2D eigenvalue weighted by Crippen LogP contribution is -2.52. The molecular weight excluding hydrogens is 437 g/mol. The number of aliphatic hydroxyl groups is 2. The summed E-state index contributed by atoms with van der Waals surface area (Å²) in [6, 6.07) is 15.3. The van der Waals surface area contributed by atoms with Crippen LogP contribution < -0.4 is 10.8 Å². The van der Waals surface area contributed by atoms with Gasteiger partial charge in [0.2, 0.25) is 0 Å². The van der Waals surface area contributed by atoms with Crippen molar-refractivity contribution in [3.05, 3.63) is 59.1 Å². The smallest absolute Gasteiger partial charge is 0.254 e. The van der Waals surface area contributed by atoms with E-state index in [4.69, 9.17) is 4.98 Å². The van der Waals surface area contributed by atoms with Crippen LogP contribution in [0.15, 0.2) is 48.5 Å². The minimum absolute atomic E-state index is 0.257. The highest BCUT2D eigenvalue weighted by Gasteiger charge is 2.36. The maximum atomic E-state index is 12.7. The molecule has 0 radical (unpaired) electrons. The van der Waals surface area contributed by atoms with E-state index in [2.05, 4.69) is 11.4 Å². The van der Waals surface area contributed by atoms with Crippen molar-refractivity contribution >= 4 is 46.7 Å². The van der Waals surface area contributed by atoms with Gasteiger partial charge in [0.25, 0.3) is 11.8 Å². The van der Waals surface area contributed by atoms with Gasteiger partial charge in [0.1, 0.15) is 7.85 Å². The van der Waals surface area contributed by atoms with Crippen LogP contribution in [0.25, 0.3) is 10.2 Å². The van der Waals surface area contributed by atoms with Crippen molar-refractivity contribution in [3.8, 4) is 0 Å². The summed E-state index contributed by atoms with van der Waals surface area (Å²) in [4.78, 5) is 31.4. The van der Waals surface area contributed by atoms with Crippen molar-refractivity contribution in [2.75, 3.05) is 13.1 Å². The number of thiazole rings is 1. The fourth-order valence-corrected chi connectivity index (χ4v) is 5.25. The van der Waals surface area contributed by atoms with E-state index in [1.807, 2.05) is 50.3 Å². The average molecular weight is 465 g/mol. The Balaban J connectivity index is 1.31. The number of aliphatic hydroxyl groups excluding tert-OH is 2. The van der Waals surface area contributed by atoms with E-state index in [-0.39, 0.29) is 12.0 Å². The quantitative estimate of drug-likeness (QED) is 0.469. The third-order valence-corrected chi connectivity index (χ3v) is 7.42. The van der Waals surface area contributed by atoms with Crippen LogP contribution in [0.2, 0.25) is 0 Å². The molecule has 9 heteroatoms. The highest BCUT2D eigenvalue weighted by molar-refractivity contribution is 7.18. The molecule has 2 aromatic carbocycles. The Bertz CT molecular complexity index is 1100. The second-order valence-corrected chi connectivity index (χ2v) is 9.71. The Morgan fingerprint density at radius 3 is 2.42 bits per heavy atom. The molecule has 1 aliphatic rings. The molecule has 1 saturated heterocycles. The standard InChI is InChI=1S/C24H28BN3O4S/c1-14(15-6-8-17(25)9-7-15)26-22(31)20(29)21(30)24(32)28-12-10-16(11-13-28)23-27-18-4-2-3-5-19(18)33-23/h2-9,14,16,20-21,29-30H,10-13,25H2,1H3,(H,26,31)/t14-,20+,21+/m0/s1. The first kappa shape index (κ1) is 23.4. The molecule has 0 spiro atoms. The monoisotopic (exact) mass is 465 g/mol. The Kier molecular flexibility index (Phi) is 7.12. The Labute approximate surface area is 197 Å². The number of hydrogen-bond donors (Lipinski definition) is 3. The molecule has 2 heterocycles. The van der Waals surface area contributed by atoms with Crippen molar-refractivity contribution in [2.24, 2.45) is 0 Å². The van der Waals surface area contributed by atoms with E-state index in [0.717, 1.165) is 39.1 Å². The Morgan fingerprint density at radius 2 is 1.76 bits per heavy atom. The predicted octanol–water partition coefficient (Wildman–Crippen LogP) is 0.860. The lowest BCUT2D eigenvalue weighted by Gasteiger charge is -2.33. The van der Waals surface area contributed by atoms with Crippen LogP contribution in [0.4, 0.5) is 0 Å². The van der Waals surface area contributed by atoms with Gasteiger partial charge in [-0.1, -0.05) is 41.9 Å². The molecule has 0 saturated carbocycles. The molecule has 3 aromatic rings. The highest BCUT2D eigenvalue weighted by atomic mass is 32.1. The number of aromatic nitrogens is 1. The van der Waals surface area contributed by atoms with E-state index < -0.39 is 24.0 Å². The van der Waals surface area contributed by atoms with Crippen molar-refractivity contribution in [3.63, 3.8) is 0 Å². The number of hydrogen-bond acceptors (Lipinski definition) is 6. The second kappa shape index (κ2) is 10.0. The number of benzene rings is 2. The van der Waals surface area contributed by atoms with Gasteiger partial charge in [0.15, 0.2) is 12.2 Å². The number of para-hydroxylation sites is 1. The van der Waals surface area contributed by atoms with Gasteiger partial charge in [-0.05, 0) is 37.5 Å². The molecule has 2 amide bonds. The van der Waals surface area contributed by atoms with Crippen LogP contribution >= 0.6 is 11.3 Å². The van der Waals surface area contributed by atoms with Gasteiger partial charge in [-0.2, -0.15) is 0 Å². The van der Waals surface area contributed by atoms with Gasteiger partial charge < -0.3 is 20.4 Å². The van der Waals surface area contributed by atoms with Gasteiger partial charge >= 0.3 is 0 Å². The summed E-state index contributed by atoms with van der Waals surface area (Å²) in [6.07, 6.45) is -2.17. The SMILES string of the molecule is Bc1ccc([C@H](C)NC(=O)[C@H](O)[C@@H](O)C(=O)N2CCC(c3nc4ccccc4s3)CC2)cc1. The maximum Gasteiger partial charge on any atom is 0.254 e. The molecule has 4 rings (SSSR count). The number of nitrogens with zero attached hydrogens (tertiary/aromatic N) is 2. The summed E-state index contributed by atoms with van der Waals surface area (Å²) in [7, 11) is 1.97. The number of piperidine rings is 1. The average Bonchev–Trinajstić information content (AvgIpc) is 3.27. The van der Waals surface area contributed by atoms with Crippen LogP contribution in [0.5, 0.6) is 0 Å². The molecule has 33 heavy (non-hydrogen) atoms. The molecule has 7 nitrogen and oxygen atoms in total. The van der Waals surface area contributed by atoms with Crippen LogP contribution in [0, 0.1) is 0 Å². The number of rotatable bonds is 6. The summed E-state index contributed by atoms with van der Waals surface area (Å²) in [5.41, 5.74) is 2.96. The molecular formula is C24H28BN3O4S. The zero-order valence-electron chi connectivity index (χ0n) is 18.8. The minimum atomic E-state index is -1.83. The van der Waals surface area contributed by atoms with Crippen LogP contribution in [0.1, 0.15) is 42.3 Å². The van der Waals surface area contributed by atoms with E-state index in [1.54, 1.807) is 18.3 Å². The van der Waals surface area contributed by atoms with Crippen LogP contribution in [-0.4, -0.2) is 65.1 Å². The molecule has 3 N–H and O–H groups in total. The fraction of sp³-hybridized carbons (Fsp3) is 0.375. The number of amides is 2. The van der Waals surface area contributed by atoms with Gasteiger partial charge in [0.05, 0.1) is 21.3 Å². The molecule has 0 bridgehead atoms. The Morgan fingerprint density at radius 1 is 1.09 bits per heavy atom. The summed E-state index contributed by atoms with van der Waals surface area (Å²) in [6.45, 7) is 2.69. The largest absolute Gasteiger partial charge is 0.380 e. The van der Waals surface area contributed by atoms with Crippen molar-refractivity contribution < 1.29 is 19.8 Å². The lowest BCUT2D eigenvalue weighted by molar-refractivity contribution is -0.154. The predicted molar refractivity (Wildman–Crippen MR) is 131 cm³/mol. The number of carbonyl (C=O) groups is 2. The molecule has 1 aromatic heterocycles. The van der Waals surface area contributed by atoms with Gasteiger partial charge in [-0.15, -0.1) is 11.3 Å². The van der Waals surface area contributed by atoms with E-state index in [1.165, 1.54) is 4.90 Å². The normalized spacial score (nSPS) is 17.5. The summed E-state index contributed by atoms with van der Waals surface area (Å²) < 4.78 is 1.15. The second-order valence-electron chi connectivity index (χ2n) is 8.65. The summed E-state index contributed by atoms with van der Waals surface area (Å²) in [5, 5.41) is 24.4. The summed E-state index contributed by atoms with van der Waals surface area (Å²) in [5.74, 6) is -1.14. The van der Waals surface area contributed by atoms with Gasteiger partial charge in [-0.25, -0.2) is 4.98 Å².